The third-order valence-corrected chi connectivity index (χ3v) is 6.75. The molecule has 0 bridgehead atoms. The fourth-order valence-electron chi connectivity index (χ4n) is 3.82. The summed E-state index contributed by atoms with van der Waals surface area (Å²) in [5.41, 5.74) is 2.45. The van der Waals surface area contributed by atoms with E-state index in [1.54, 1.807) is 6.33 Å². The highest BCUT2D eigenvalue weighted by molar-refractivity contribution is 7.91. The van der Waals surface area contributed by atoms with Crippen molar-refractivity contribution in [2.45, 2.75) is 6.54 Å². The zero-order valence-corrected chi connectivity index (χ0v) is 19.1. The number of para-hydroxylation sites is 1. The highest BCUT2D eigenvalue weighted by Gasteiger charge is 2.25. The van der Waals surface area contributed by atoms with Crippen molar-refractivity contribution < 1.29 is 9.29 Å². The molecule has 2 aromatic heterocycles. The van der Waals surface area contributed by atoms with Crippen LogP contribution in [0.4, 0.5) is 11.6 Å². The van der Waals surface area contributed by atoms with Gasteiger partial charge in [0.1, 0.15) is 34.6 Å². The van der Waals surface area contributed by atoms with Crippen molar-refractivity contribution in [1.82, 2.24) is 19.9 Å². The molecule has 0 unspecified atom stereocenters. The largest absolute Gasteiger partial charge is 0.616 e. The van der Waals surface area contributed by atoms with Crippen molar-refractivity contribution in [2.75, 3.05) is 41.4 Å². The van der Waals surface area contributed by atoms with Gasteiger partial charge in [0.25, 0.3) is 0 Å². The number of aromatic nitrogens is 4. The molecule has 9 heteroatoms. The smallest absolute Gasteiger partial charge is 0.324 e. The molecule has 1 saturated heterocycles. The second-order valence-corrected chi connectivity index (χ2v) is 9.51. The van der Waals surface area contributed by atoms with Gasteiger partial charge in [-0.3, -0.25) is 0 Å². The minimum absolute atomic E-state index is 0.236. The van der Waals surface area contributed by atoms with E-state index in [-0.39, 0.29) is 6.01 Å². The summed E-state index contributed by atoms with van der Waals surface area (Å²) in [7, 11) is 1.98. The molecule has 0 atom stereocenters. The molecule has 5 rings (SSSR count). The van der Waals surface area contributed by atoms with Gasteiger partial charge in [0.15, 0.2) is 11.6 Å². The molecule has 33 heavy (non-hydrogen) atoms. The summed E-state index contributed by atoms with van der Waals surface area (Å²) >= 11 is -0.797. The van der Waals surface area contributed by atoms with Crippen molar-refractivity contribution >= 4 is 33.8 Å². The standard InChI is InChI=1S/C24H24N6O2S/c1-29(16-18-8-4-2-5-9-18)22-21-20(25-17-26-22)23(30-12-14-33(31)15-13-30)28-24(27-21)32-19-10-6-3-7-11-19/h2-11,17H,12-16H2,1H3. The minimum atomic E-state index is -0.797. The van der Waals surface area contributed by atoms with Crippen molar-refractivity contribution in [3.05, 3.63) is 72.6 Å². The molecule has 3 heterocycles. The van der Waals surface area contributed by atoms with Crippen LogP contribution in [-0.2, 0) is 17.7 Å². The van der Waals surface area contributed by atoms with Crippen LogP contribution < -0.4 is 14.5 Å². The molecule has 1 fully saturated rings. The zero-order valence-electron chi connectivity index (χ0n) is 18.3. The lowest BCUT2D eigenvalue weighted by Gasteiger charge is -2.29. The van der Waals surface area contributed by atoms with Crippen LogP contribution in [0.3, 0.4) is 0 Å². The number of hydrogen-bond donors (Lipinski definition) is 0. The summed E-state index contributed by atoms with van der Waals surface area (Å²) in [6, 6.07) is 19.9. The van der Waals surface area contributed by atoms with Gasteiger partial charge in [-0.25, -0.2) is 9.97 Å². The number of fused-ring (bicyclic) bond motifs is 1. The Bertz CT molecular complexity index is 1220. The Labute approximate surface area is 195 Å². The van der Waals surface area contributed by atoms with Crippen LogP contribution in [0.15, 0.2) is 67.0 Å². The Morgan fingerprint density at radius 3 is 2.36 bits per heavy atom. The van der Waals surface area contributed by atoms with Gasteiger partial charge >= 0.3 is 6.01 Å². The predicted octanol–water partition coefficient (Wildman–Crippen LogP) is 3.42. The van der Waals surface area contributed by atoms with Crippen molar-refractivity contribution in [2.24, 2.45) is 0 Å². The summed E-state index contributed by atoms with van der Waals surface area (Å²) in [6.07, 6.45) is 1.55. The molecule has 0 spiro atoms. The van der Waals surface area contributed by atoms with E-state index < -0.39 is 11.2 Å². The Morgan fingerprint density at radius 2 is 1.64 bits per heavy atom. The average Bonchev–Trinajstić information content (AvgIpc) is 2.85. The molecule has 0 saturated carbocycles. The van der Waals surface area contributed by atoms with Crippen molar-refractivity contribution in [1.29, 1.82) is 0 Å². The number of benzene rings is 2. The number of hydrogen-bond acceptors (Lipinski definition) is 8. The molecule has 0 radical (unpaired) electrons. The highest BCUT2D eigenvalue weighted by atomic mass is 32.2. The van der Waals surface area contributed by atoms with E-state index in [0.29, 0.717) is 59.6 Å². The maximum Gasteiger partial charge on any atom is 0.324 e. The van der Waals surface area contributed by atoms with E-state index in [2.05, 4.69) is 27.0 Å². The molecule has 1 aliphatic rings. The van der Waals surface area contributed by atoms with E-state index in [4.69, 9.17) is 14.7 Å². The fourth-order valence-corrected chi connectivity index (χ4v) is 4.87. The van der Waals surface area contributed by atoms with E-state index in [1.165, 1.54) is 5.56 Å². The van der Waals surface area contributed by atoms with Crippen LogP contribution in [0.1, 0.15) is 5.56 Å². The lowest BCUT2D eigenvalue weighted by molar-refractivity contribution is 0.444. The summed E-state index contributed by atoms with van der Waals surface area (Å²) in [4.78, 5) is 22.7. The van der Waals surface area contributed by atoms with Crippen molar-refractivity contribution in [3.8, 4) is 11.8 Å². The topological polar surface area (TPSA) is 90.3 Å². The number of rotatable bonds is 6. The van der Waals surface area contributed by atoms with Gasteiger partial charge in [-0.1, -0.05) is 59.7 Å². The highest BCUT2D eigenvalue weighted by Crippen LogP contribution is 2.32. The minimum Gasteiger partial charge on any atom is -0.616 e. The molecule has 0 N–H and O–H groups in total. The fraction of sp³-hybridized carbons (Fsp3) is 0.250. The molecule has 4 aromatic rings. The molecular weight excluding hydrogens is 436 g/mol. The summed E-state index contributed by atoms with van der Waals surface area (Å²) in [6.45, 7) is 1.95. The molecule has 1 aliphatic heterocycles. The van der Waals surface area contributed by atoms with Gasteiger partial charge in [-0.15, -0.1) is 0 Å². The molecule has 0 amide bonds. The average molecular weight is 461 g/mol. The van der Waals surface area contributed by atoms with E-state index >= 15 is 0 Å². The SMILES string of the molecule is CN(Cc1ccccc1)c1ncnc2c(N3CC[S+]([O-])CC3)nc(Oc3ccccc3)nc12. The van der Waals surface area contributed by atoms with Crippen LogP contribution in [-0.4, -0.2) is 56.1 Å². The quantitative estimate of drug-likeness (QED) is 0.404. The van der Waals surface area contributed by atoms with Crippen LogP contribution >= 0.6 is 0 Å². The van der Waals surface area contributed by atoms with Gasteiger partial charge in [0, 0.05) is 13.6 Å². The summed E-state index contributed by atoms with van der Waals surface area (Å²) in [5, 5.41) is 0. The van der Waals surface area contributed by atoms with Crippen LogP contribution in [0, 0.1) is 0 Å². The molecule has 8 nitrogen and oxygen atoms in total. The molecular formula is C24H24N6O2S. The van der Waals surface area contributed by atoms with Crippen LogP contribution in [0.2, 0.25) is 0 Å². The van der Waals surface area contributed by atoms with E-state index in [1.807, 2.05) is 60.5 Å². The van der Waals surface area contributed by atoms with E-state index in [9.17, 15) is 4.55 Å². The molecule has 168 valence electrons. The Morgan fingerprint density at radius 1 is 0.939 bits per heavy atom. The Balaban J connectivity index is 1.58. The lowest BCUT2D eigenvalue weighted by Crippen LogP contribution is -2.41. The second kappa shape index (κ2) is 9.60. The first kappa shape index (κ1) is 21.4. The molecule has 0 aliphatic carbocycles. The van der Waals surface area contributed by atoms with E-state index in [0.717, 1.165) is 0 Å². The van der Waals surface area contributed by atoms with Gasteiger partial charge < -0.3 is 19.1 Å². The maximum absolute atomic E-state index is 11.9. The predicted molar refractivity (Wildman–Crippen MR) is 130 cm³/mol. The monoisotopic (exact) mass is 460 g/mol. The summed E-state index contributed by atoms with van der Waals surface area (Å²) in [5.74, 6) is 3.24. The first-order chi connectivity index (χ1) is 16.2. The number of anilines is 2. The normalized spacial score (nSPS) is 14.4. The third kappa shape index (κ3) is 4.84. The Hall–Kier alpha value is -3.43. The lowest BCUT2D eigenvalue weighted by atomic mass is 10.2. The second-order valence-electron chi connectivity index (χ2n) is 7.82. The Kier molecular flexibility index (Phi) is 6.23. The van der Waals surface area contributed by atoms with Crippen LogP contribution in [0.5, 0.6) is 11.8 Å². The first-order valence-electron chi connectivity index (χ1n) is 10.8. The van der Waals surface area contributed by atoms with Gasteiger partial charge in [-0.05, 0) is 17.7 Å². The summed E-state index contributed by atoms with van der Waals surface area (Å²) < 4.78 is 17.9. The van der Waals surface area contributed by atoms with Gasteiger partial charge in [0.2, 0.25) is 0 Å². The van der Waals surface area contributed by atoms with Crippen molar-refractivity contribution in [3.63, 3.8) is 0 Å². The number of nitrogens with zero attached hydrogens (tertiary/aromatic N) is 6. The van der Waals surface area contributed by atoms with Gasteiger partial charge in [0.05, 0.1) is 13.1 Å². The zero-order chi connectivity index (χ0) is 22.6. The van der Waals surface area contributed by atoms with Crippen LogP contribution in [0.25, 0.3) is 11.0 Å². The molecule has 2 aromatic carbocycles. The first-order valence-corrected chi connectivity index (χ1v) is 12.3. The maximum atomic E-state index is 11.9. The van der Waals surface area contributed by atoms with Gasteiger partial charge in [-0.2, -0.15) is 9.97 Å². The third-order valence-electron chi connectivity index (χ3n) is 5.48. The number of ether oxygens (including phenoxy) is 1.